The molecule has 1 heterocycles. The van der Waals surface area contributed by atoms with Gasteiger partial charge in [0.15, 0.2) is 0 Å². The maximum absolute atomic E-state index is 6.38. The molecule has 1 aliphatic carbocycles. The second-order valence-corrected chi connectivity index (χ2v) is 6.56. The Kier molecular flexibility index (Phi) is 4.32. The molecule has 0 aliphatic heterocycles. The number of benzene rings is 1. The Morgan fingerprint density at radius 2 is 2.05 bits per heavy atom. The minimum Gasteiger partial charge on any atom is -0.459 e. The normalized spacial score (nSPS) is 24.6. The van der Waals surface area contributed by atoms with Crippen LogP contribution < -0.4 is 5.73 Å². The molecule has 1 fully saturated rings. The molecule has 1 aromatic heterocycles. The maximum Gasteiger partial charge on any atom is 0.134 e. The van der Waals surface area contributed by atoms with Gasteiger partial charge in [0.1, 0.15) is 11.3 Å². The van der Waals surface area contributed by atoms with Gasteiger partial charge in [-0.05, 0) is 37.9 Å². The SMILES string of the molecule is CC1CCCCC1N(C)CC(N)c1cc2ccccc2o1. The van der Waals surface area contributed by atoms with Crippen LogP contribution in [0.25, 0.3) is 11.0 Å². The number of hydrogen-bond donors (Lipinski definition) is 1. The van der Waals surface area contributed by atoms with Gasteiger partial charge in [-0.2, -0.15) is 0 Å². The van der Waals surface area contributed by atoms with Crippen molar-refractivity contribution in [3.63, 3.8) is 0 Å². The molecule has 1 aromatic carbocycles. The zero-order chi connectivity index (χ0) is 14.8. The van der Waals surface area contributed by atoms with Crippen LogP contribution in [0.1, 0.15) is 44.4 Å². The average Bonchev–Trinajstić information content (AvgIpc) is 2.91. The number of furan rings is 1. The smallest absolute Gasteiger partial charge is 0.134 e. The van der Waals surface area contributed by atoms with Crippen LogP contribution in [0.5, 0.6) is 0 Å². The van der Waals surface area contributed by atoms with Crippen LogP contribution in [0.15, 0.2) is 34.7 Å². The highest BCUT2D eigenvalue weighted by molar-refractivity contribution is 5.77. The van der Waals surface area contributed by atoms with E-state index in [0.29, 0.717) is 6.04 Å². The van der Waals surface area contributed by atoms with Crippen molar-refractivity contribution in [3.8, 4) is 0 Å². The van der Waals surface area contributed by atoms with Crippen molar-refractivity contribution in [2.24, 2.45) is 11.7 Å². The van der Waals surface area contributed by atoms with Gasteiger partial charge in [0, 0.05) is 18.0 Å². The summed E-state index contributed by atoms with van der Waals surface area (Å²) in [6, 6.07) is 10.8. The summed E-state index contributed by atoms with van der Waals surface area (Å²) in [4.78, 5) is 2.43. The Bertz CT molecular complexity index is 559. The van der Waals surface area contributed by atoms with Crippen LogP contribution in [0, 0.1) is 5.92 Å². The van der Waals surface area contributed by atoms with E-state index in [1.807, 2.05) is 18.2 Å². The molecule has 1 saturated carbocycles. The fourth-order valence-corrected chi connectivity index (χ4v) is 3.67. The van der Waals surface area contributed by atoms with E-state index < -0.39 is 0 Å². The fourth-order valence-electron chi connectivity index (χ4n) is 3.67. The van der Waals surface area contributed by atoms with Gasteiger partial charge >= 0.3 is 0 Å². The van der Waals surface area contributed by atoms with Gasteiger partial charge in [-0.3, -0.25) is 0 Å². The molecule has 0 spiro atoms. The van der Waals surface area contributed by atoms with Crippen LogP contribution in [0.2, 0.25) is 0 Å². The van der Waals surface area contributed by atoms with Crippen molar-refractivity contribution in [2.45, 2.75) is 44.7 Å². The van der Waals surface area contributed by atoms with Gasteiger partial charge in [-0.1, -0.05) is 38.0 Å². The molecule has 0 saturated heterocycles. The third-order valence-corrected chi connectivity index (χ3v) is 4.93. The van der Waals surface area contributed by atoms with E-state index in [-0.39, 0.29) is 6.04 Å². The van der Waals surface area contributed by atoms with E-state index in [0.717, 1.165) is 29.2 Å². The number of hydrogen-bond acceptors (Lipinski definition) is 3. The Balaban J connectivity index is 1.68. The van der Waals surface area contributed by atoms with Crippen LogP contribution in [0.4, 0.5) is 0 Å². The molecule has 114 valence electrons. The summed E-state index contributed by atoms with van der Waals surface area (Å²) in [6.07, 6.45) is 5.36. The highest BCUT2D eigenvalue weighted by Gasteiger charge is 2.26. The van der Waals surface area contributed by atoms with E-state index in [2.05, 4.69) is 31.0 Å². The van der Waals surface area contributed by atoms with Crippen molar-refractivity contribution >= 4 is 11.0 Å². The highest BCUT2D eigenvalue weighted by Crippen LogP contribution is 2.29. The van der Waals surface area contributed by atoms with Gasteiger partial charge in [0.25, 0.3) is 0 Å². The van der Waals surface area contributed by atoms with Crippen molar-refractivity contribution < 1.29 is 4.42 Å². The van der Waals surface area contributed by atoms with E-state index in [1.54, 1.807) is 0 Å². The summed E-state index contributed by atoms with van der Waals surface area (Å²) in [7, 11) is 2.20. The number of rotatable bonds is 4. The lowest BCUT2D eigenvalue weighted by Crippen LogP contribution is -2.42. The lowest BCUT2D eigenvalue weighted by atomic mass is 9.85. The third-order valence-electron chi connectivity index (χ3n) is 4.93. The molecule has 1 aliphatic rings. The van der Waals surface area contributed by atoms with Crippen LogP contribution in [-0.2, 0) is 0 Å². The predicted octanol–water partition coefficient (Wildman–Crippen LogP) is 3.94. The molecule has 3 atom stereocenters. The quantitative estimate of drug-likeness (QED) is 0.925. The number of para-hydroxylation sites is 1. The third kappa shape index (κ3) is 3.14. The van der Waals surface area contributed by atoms with Gasteiger partial charge in [-0.25, -0.2) is 0 Å². The number of likely N-dealkylation sites (N-methyl/N-ethyl adjacent to an activating group) is 1. The number of nitrogens with zero attached hydrogens (tertiary/aromatic N) is 1. The van der Waals surface area contributed by atoms with Gasteiger partial charge in [-0.15, -0.1) is 0 Å². The summed E-state index contributed by atoms with van der Waals surface area (Å²) in [5, 5.41) is 1.14. The first kappa shape index (κ1) is 14.6. The lowest BCUT2D eigenvalue weighted by molar-refractivity contribution is 0.130. The van der Waals surface area contributed by atoms with Gasteiger partial charge < -0.3 is 15.1 Å². The van der Waals surface area contributed by atoms with Crippen LogP contribution in [0.3, 0.4) is 0 Å². The molecule has 21 heavy (non-hydrogen) atoms. The minimum absolute atomic E-state index is 0.0588. The molecule has 0 amide bonds. The monoisotopic (exact) mass is 286 g/mol. The van der Waals surface area contributed by atoms with E-state index in [9.17, 15) is 0 Å². The van der Waals surface area contributed by atoms with Gasteiger partial charge in [0.05, 0.1) is 6.04 Å². The summed E-state index contributed by atoms with van der Waals surface area (Å²) >= 11 is 0. The molecule has 3 unspecified atom stereocenters. The van der Waals surface area contributed by atoms with Crippen molar-refractivity contribution in [1.29, 1.82) is 0 Å². The molecular weight excluding hydrogens is 260 g/mol. The van der Waals surface area contributed by atoms with E-state index in [4.69, 9.17) is 10.2 Å². The molecule has 2 aromatic rings. The zero-order valence-corrected chi connectivity index (χ0v) is 13.1. The summed E-state index contributed by atoms with van der Waals surface area (Å²) < 4.78 is 5.89. The molecule has 3 rings (SSSR count). The largest absolute Gasteiger partial charge is 0.459 e. The Labute approximate surface area is 127 Å². The molecule has 3 nitrogen and oxygen atoms in total. The summed E-state index contributed by atoms with van der Waals surface area (Å²) in [6.45, 7) is 3.22. The summed E-state index contributed by atoms with van der Waals surface area (Å²) in [5.74, 6) is 1.66. The molecule has 0 bridgehead atoms. The Morgan fingerprint density at radius 3 is 2.81 bits per heavy atom. The topological polar surface area (TPSA) is 42.4 Å². The average molecular weight is 286 g/mol. The first-order valence-electron chi connectivity index (χ1n) is 8.09. The first-order chi connectivity index (χ1) is 10.1. The Hall–Kier alpha value is -1.32. The fraction of sp³-hybridized carbons (Fsp3) is 0.556. The Morgan fingerprint density at radius 1 is 1.29 bits per heavy atom. The minimum atomic E-state index is -0.0588. The second-order valence-electron chi connectivity index (χ2n) is 6.56. The van der Waals surface area contributed by atoms with Crippen LogP contribution >= 0.6 is 0 Å². The van der Waals surface area contributed by atoms with Gasteiger partial charge in [0.2, 0.25) is 0 Å². The van der Waals surface area contributed by atoms with E-state index in [1.165, 1.54) is 25.7 Å². The number of fused-ring (bicyclic) bond motifs is 1. The summed E-state index contributed by atoms with van der Waals surface area (Å²) in [5.41, 5.74) is 7.30. The molecule has 2 N–H and O–H groups in total. The molecular formula is C18H26N2O. The predicted molar refractivity (Wildman–Crippen MR) is 87.2 cm³/mol. The second kappa shape index (κ2) is 6.20. The maximum atomic E-state index is 6.38. The molecule has 0 radical (unpaired) electrons. The number of nitrogens with two attached hydrogens (primary N) is 1. The van der Waals surface area contributed by atoms with Crippen molar-refractivity contribution in [1.82, 2.24) is 4.90 Å². The lowest BCUT2D eigenvalue weighted by Gasteiger charge is -2.37. The zero-order valence-electron chi connectivity index (χ0n) is 13.1. The van der Waals surface area contributed by atoms with Crippen molar-refractivity contribution in [2.75, 3.05) is 13.6 Å². The molecule has 3 heteroatoms. The van der Waals surface area contributed by atoms with Crippen molar-refractivity contribution in [3.05, 3.63) is 36.1 Å². The van der Waals surface area contributed by atoms with E-state index >= 15 is 0 Å². The first-order valence-corrected chi connectivity index (χ1v) is 8.09. The van der Waals surface area contributed by atoms with Crippen LogP contribution in [-0.4, -0.2) is 24.5 Å². The standard InChI is InChI=1S/C18H26N2O/c1-13-7-3-5-9-16(13)20(2)12-15(19)18-11-14-8-4-6-10-17(14)21-18/h4,6,8,10-11,13,15-16H,3,5,7,9,12,19H2,1-2H3. The highest BCUT2D eigenvalue weighted by atomic mass is 16.3.